The molecule has 3 N–H and O–H groups in total. The molecule has 3 aromatic rings. The fraction of sp³-hybridized carbons (Fsp3) is 0.190. The maximum Gasteiger partial charge on any atom is 0.242 e. The molecule has 1 aromatic heterocycles. The van der Waals surface area contributed by atoms with Crippen molar-refractivity contribution in [2.75, 3.05) is 5.32 Å². The average Bonchev–Trinajstić information content (AvgIpc) is 3.43. The molecule has 148 valence electrons. The highest BCUT2D eigenvalue weighted by Gasteiger charge is 2.43. The van der Waals surface area contributed by atoms with Crippen molar-refractivity contribution in [2.24, 2.45) is 5.92 Å². The first-order valence-corrected chi connectivity index (χ1v) is 9.69. The molecule has 0 radical (unpaired) electrons. The summed E-state index contributed by atoms with van der Waals surface area (Å²) in [6.45, 7) is 0.313. The number of halogens is 1. The van der Waals surface area contributed by atoms with Crippen LogP contribution in [0.3, 0.4) is 0 Å². The van der Waals surface area contributed by atoms with Gasteiger partial charge in [-0.1, -0.05) is 48.5 Å². The molecule has 2 atom stereocenters. The van der Waals surface area contributed by atoms with Gasteiger partial charge < -0.3 is 5.32 Å². The molecule has 0 unspecified atom stereocenters. The van der Waals surface area contributed by atoms with Crippen molar-refractivity contribution in [1.29, 1.82) is 0 Å². The summed E-state index contributed by atoms with van der Waals surface area (Å²) in [5.41, 5.74) is 7.07. The minimum Gasteiger partial charge on any atom is -0.315 e. The smallest absolute Gasteiger partial charge is 0.242 e. The number of benzene rings is 2. The van der Waals surface area contributed by atoms with E-state index >= 15 is 0 Å². The summed E-state index contributed by atoms with van der Waals surface area (Å²) in [6.07, 6.45) is 2.56. The molecular weight excluding hydrogens is 389 g/mol. The van der Waals surface area contributed by atoms with Crippen LogP contribution in [0, 0.1) is 11.7 Å². The van der Waals surface area contributed by atoms with E-state index in [1.165, 1.54) is 11.6 Å². The Morgan fingerprint density at radius 2 is 1.86 bits per heavy atom. The van der Waals surface area contributed by atoms with Gasteiger partial charge in [-0.15, -0.1) is 0 Å². The Morgan fingerprint density at radius 1 is 1.10 bits per heavy atom. The lowest BCUT2D eigenvalue weighted by Crippen LogP contribution is -2.44. The van der Waals surface area contributed by atoms with Gasteiger partial charge in [0.05, 0.1) is 6.54 Å². The summed E-state index contributed by atoms with van der Waals surface area (Å²) in [7, 11) is 0. The number of anilines is 1. The Morgan fingerprint density at radius 3 is 2.66 bits per heavy atom. The second-order valence-corrected chi connectivity index (χ2v) is 7.33. The molecule has 1 heterocycles. The maximum atomic E-state index is 13.7. The van der Waals surface area contributed by atoms with Gasteiger partial charge in [0, 0.05) is 23.7 Å². The topological polar surface area (TPSA) is 71.0 Å². The number of hydrazine groups is 1. The standard InChI is InChI=1S/C21H20FN5OS/c22-18-9-5-4-8-15(18)13-27-11-10-19(26-27)23-21(29)25-24-20(28)17-12-16(17)14-6-2-1-3-7-14/h1-11,16-17H,12-13H2,(H,24,28)(H2,23,25,26,29)/t16-,17-/m1/s1. The number of aromatic nitrogens is 2. The number of thiocarbonyl (C=S) groups is 1. The van der Waals surface area contributed by atoms with Crippen molar-refractivity contribution in [1.82, 2.24) is 20.6 Å². The zero-order chi connectivity index (χ0) is 20.2. The predicted molar refractivity (Wildman–Crippen MR) is 113 cm³/mol. The molecule has 6 nitrogen and oxygen atoms in total. The number of nitrogens with zero attached hydrogens (tertiary/aromatic N) is 2. The molecule has 1 fully saturated rings. The van der Waals surface area contributed by atoms with E-state index in [2.05, 4.69) is 21.3 Å². The second kappa shape index (κ2) is 8.40. The minimum atomic E-state index is -0.272. The minimum absolute atomic E-state index is 0.0484. The molecule has 29 heavy (non-hydrogen) atoms. The molecule has 0 spiro atoms. The van der Waals surface area contributed by atoms with Crippen molar-refractivity contribution in [3.63, 3.8) is 0 Å². The van der Waals surface area contributed by atoms with Crippen LogP contribution in [0.1, 0.15) is 23.5 Å². The van der Waals surface area contributed by atoms with Gasteiger partial charge >= 0.3 is 0 Å². The predicted octanol–water partition coefficient (Wildman–Crippen LogP) is 3.19. The van der Waals surface area contributed by atoms with Crippen LogP contribution >= 0.6 is 12.2 Å². The van der Waals surface area contributed by atoms with Crippen molar-refractivity contribution in [3.8, 4) is 0 Å². The summed E-state index contributed by atoms with van der Waals surface area (Å²) in [6, 6.07) is 18.3. The van der Waals surface area contributed by atoms with E-state index in [0.717, 1.165) is 6.42 Å². The van der Waals surface area contributed by atoms with E-state index in [-0.39, 0.29) is 28.7 Å². The number of amides is 1. The third kappa shape index (κ3) is 4.78. The number of hydrogen-bond acceptors (Lipinski definition) is 3. The summed E-state index contributed by atoms with van der Waals surface area (Å²) in [5, 5.41) is 7.44. The van der Waals surface area contributed by atoms with Crippen molar-refractivity contribution in [3.05, 3.63) is 83.8 Å². The summed E-state index contributed by atoms with van der Waals surface area (Å²) < 4.78 is 15.4. The van der Waals surface area contributed by atoms with Crippen molar-refractivity contribution < 1.29 is 9.18 Å². The summed E-state index contributed by atoms with van der Waals surface area (Å²) in [4.78, 5) is 12.3. The molecule has 1 aliphatic rings. The number of nitrogens with one attached hydrogen (secondary N) is 3. The molecule has 4 rings (SSSR count). The quantitative estimate of drug-likeness (QED) is 0.446. The fourth-order valence-corrected chi connectivity index (χ4v) is 3.39. The van der Waals surface area contributed by atoms with Gasteiger partial charge in [-0.25, -0.2) is 4.39 Å². The Bertz CT molecular complexity index is 1020. The Hall–Kier alpha value is -3.26. The van der Waals surface area contributed by atoms with Gasteiger partial charge in [0.25, 0.3) is 0 Å². The summed E-state index contributed by atoms with van der Waals surface area (Å²) in [5.74, 6) is 0.349. The van der Waals surface area contributed by atoms with Crippen LogP contribution in [0.5, 0.6) is 0 Å². The highest BCUT2D eigenvalue weighted by molar-refractivity contribution is 7.80. The third-order valence-corrected chi connectivity index (χ3v) is 5.03. The Balaban J connectivity index is 1.24. The fourth-order valence-electron chi connectivity index (χ4n) is 3.23. The third-order valence-electron chi connectivity index (χ3n) is 4.83. The lowest BCUT2D eigenvalue weighted by Gasteiger charge is -2.10. The second-order valence-electron chi connectivity index (χ2n) is 6.92. The van der Waals surface area contributed by atoms with Crippen molar-refractivity contribution >= 4 is 29.1 Å². The van der Waals surface area contributed by atoms with Gasteiger partial charge in [0.2, 0.25) is 5.91 Å². The highest BCUT2D eigenvalue weighted by atomic mass is 32.1. The number of carbonyl (C=O) groups is 1. The van der Waals surface area contributed by atoms with Gasteiger partial charge in [0.15, 0.2) is 10.9 Å². The number of hydrogen-bond donors (Lipinski definition) is 3. The molecule has 1 aliphatic carbocycles. The van der Waals surface area contributed by atoms with Gasteiger partial charge in [-0.2, -0.15) is 5.10 Å². The molecule has 2 aromatic carbocycles. The van der Waals surface area contributed by atoms with Crippen LogP contribution in [-0.2, 0) is 11.3 Å². The normalized spacial score (nSPS) is 17.4. The molecule has 0 aliphatic heterocycles. The van der Waals surface area contributed by atoms with E-state index in [9.17, 15) is 9.18 Å². The number of carbonyl (C=O) groups excluding carboxylic acids is 1. The van der Waals surface area contributed by atoms with E-state index in [1.807, 2.05) is 30.3 Å². The van der Waals surface area contributed by atoms with Gasteiger partial charge in [-0.05, 0) is 36.2 Å². The molecule has 1 amide bonds. The molecule has 1 saturated carbocycles. The Kier molecular flexibility index (Phi) is 5.53. The first kappa shape index (κ1) is 19.1. The molecule has 0 bridgehead atoms. The first-order valence-electron chi connectivity index (χ1n) is 9.29. The monoisotopic (exact) mass is 409 g/mol. The number of rotatable bonds is 5. The molecule has 8 heteroatoms. The highest BCUT2D eigenvalue weighted by Crippen LogP contribution is 2.47. The largest absolute Gasteiger partial charge is 0.315 e. The van der Waals surface area contributed by atoms with Crippen LogP contribution in [-0.4, -0.2) is 20.8 Å². The van der Waals surface area contributed by atoms with Crippen LogP contribution in [0.15, 0.2) is 66.9 Å². The zero-order valence-corrected chi connectivity index (χ0v) is 16.3. The zero-order valence-electron chi connectivity index (χ0n) is 15.5. The van der Waals surface area contributed by atoms with E-state index in [4.69, 9.17) is 12.2 Å². The summed E-state index contributed by atoms with van der Waals surface area (Å²) >= 11 is 5.20. The van der Waals surface area contributed by atoms with E-state index in [0.29, 0.717) is 17.9 Å². The lowest BCUT2D eigenvalue weighted by molar-refractivity contribution is -0.122. The van der Waals surface area contributed by atoms with E-state index < -0.39 is 0 Å². The van der Waals surface area contributed by atoms with Crippen LogP contribution in [0.4, 0.5) is 10.2 Å². The lowest BCUT2D eigenvalue weighted by atomic mass is 10.1. The van der Waals surface area contributed by atoms with Gasteiger partial charge in [0.1, 0.15) is 5.82 Å². The average molecular weight is 409 g/mol. The van der Waals surface area contributed by atoms with E-state index in [1.54, 1.807) is 35.1 Å². The van der Waals surface area contributed by atoms with Gasteiger partial charge in [-0.3, -0.25) is 20.3 Å². The van der Waals surface area contributed by atoms with Crippen LogP contribution in [0.25, 0.3) is 0 Å². The molecule has 0 saturated heterocycles. The maximum absolute atomic E-state index is 13.7. The molecular formula is C21H20FN5OS. The van der Waals surface area contributed by atoms with Crippen molar-refractivity contribution in [2.45, 2.75) is 18.9 Å². The van der Waals surface area contributed by atoms with Crippen LogP contribution in [0.2, 0.25) is 0 Å². The Labute approximate surface area is 173 Å². The SMILES string of the molecule is O=C(NNC(=S)Nc1ccn(Cc2ccccc2F)n1)[C@@H]1C[C@@H]1c1ccccc1. The van der Waals surface area contributed by atoms with Crippen LogP contribution < -0.4 is 16.2 Å². The first-order chi connectivity index (χ1) is 14.1.